The van der Waals surface area contributed by atoms with Crippen molar-refractivity contribution in [3.63, 3.8) is 0 Å². The van der Waals surface area contributed by atoms with Crippen molar-refractivity contribution in [2.24, 2.45) is 0 Å². The van der Waals surface area contributed by atoms with Crippen molar-refractivity contribution >= 4 is 23.6 Å². The van der Waals surface area contributed by atoms with Gasteiger partial charge >= 0.3 is 0 Å². The fourth-order valence-corrected chi connectivity index (χ4v) is 4.76. The number of amides is 2. The minimum atomic E-state index is -0.191. The normalized spacial score (nSPS) is 20.1. The highest BCUT2D eigenvalue weighted by Crippen LogP contribution is 2.40. The topological polar surface area (TPSA) is 86.3 Å². The van der Waals surface area contributed by atoms with Gasteiger partial charge in [-0.3, -0.25) is 9.59 Å². The summed E-state index contributed by atoms with van der Waals surface area (Å²) in [6.07, 6.45) is 1.66. The van der Waals surface area contributed by atoms with Gasteiger partial charge in [0.2, 0.25) is 18.6 Å². The standard InChI is InChI=1S/C21H28N2O6S/c24-19(12-30-13-20(25)23-5-9-27-10-6-23)22-14-21(3-7-26-8-4-21)16-1-2-17-18(11-16)29-15-28-17/h1-2,11H,3-10,12-15H2,(H,22,24). The minimum Gasteiger partial charge on any atom is -0.454 e. The van der Waals surface area contributed by atoms with E-state index in [1.165, 1.54) is 11.8 Å². The number of benzene rings is 1. The average Bonchev–Trinajstić information content (AvgIpc) is 3.27. The summed E-state index contributed by atoms with van der Waals surface area (Å²) in [4.78, 5) is 26.4. The molecule has 164 valence electrons. The van der Waals surface area contributed by atoms with Crippen LogP contribution in [0.15, 0.2) is 18.2 Å². The predicted molar refractivity (Wildman–Crippen MR) is 112 cm³/mol. The Balaban J connectivity index is 1.29. The van der Waals surface area contributed by atoms with Gasteiger partial charge in [0.05, 0.1) is 24.7 Å². The Morgan fingerprint density at radius 3 is 2.53 bits per heavy atom. The lowest BCUT2D eigenvalue weighted by Gasteiger charge is -2.38. The summed E-state index contributed by atoms with van der Waals surface area (Å²) in [6.45, 7) is 4.53. The highest BCUT2D eigenvalue weighted by Gasteiger charge is 2.36. The molecule has 0 unspecified atom stereocenters. The summed E-state index contributed by atoms with van der Waals surface area (Å²) < 4.78 is 21.8. The molecule has 30 heavy (non-hydrogen) atoms. The van der Waals surface area contributed by atoms with Gasteiger partial charge in [-0.2, -0.15) is 0 Å². The Bertz CT molecular complexity index is 762. The first-order valence-electron chi connectivity index (χ1n) is 10.3. The smallest absolute Gasteiger partial charge is 0.232 e. The SMILES string of the molecule is O=C(CSCC(=O)N1CCOCC1)NCC1(c2ccc3c(c2)OCO3)CCOCC1. The van der Waals surface area contributed by atoms with Crippen LogP contribution in [0.4, 0.5) is 0 Å². The van der Waals surface area contributed by atoms with E-state index in [9.17, 15) is 9.59 Å². The van der Waals surface area contributed by atoms with Gasteiger partial charge in [-0.05, 0) is 30.5 Å². The maximum absolute atomic E-state index is 12.5. The van der Waals surface area contributed by atoms with Gasteiger partial charge in [0.1, 0.15) is 0 Å². The third-order valence-electron chi connectivity index (χ3n) is 5.88. The van der Waals surface area contributed by atoms with E-state index in [0.29, 0.717) is 51.8 Å². The highest BCUT2D eigenvalue weighted by molar-refractivity contribution is 8.00. The van der Waals surface area contributed by atoms with Gasteiger partial charge in [-0.25, -0.2) is 0 Å². The van der Waals surface area contributed by atoms with E-state index in [0.717, 1.165) is 29.9 Å². The first kappa shape index (κ1) is 21.3. The van der Waals surface area contributed by atoms with Gasteiger partial charge < -0.3 is 29.2 Å². The molecule has 4 rings (SSSR count). The molecule has 0 bridgehead atoms. The maximum atomic E-state index is 12.5. The van der Waals surface area contributed by atoms with Gasteiger partial charge in [-0.1, -0.05) is 6.07 Å². The number of nitrogens with zero attached hydrogens (tertiary/aromatic N) is 1. The second-order valence-corrected chi connectivity index (χ2v) is 8.71. The first-order valence-corrected chi connectivity index (χ1v) is 11.5. The molecule has 2 amide bonds. The van der Waals surface area contributed by atoms with Crippen LogP contribution in [0.5, 0.6) is 11.5 Å². The van der Waals surface area contributed by atoms with Crippen LogP contribution in [0.3, 0.4) is 0 Å². The Morgan fingerprint density at radius 1 is 1.00 bits per heavy atom. The quantitative estimate of drug-likeness (QED) is 0.687. The fourth-order valence-electron chi connectivity index (χ4n) is 4.01. The summed E-state index contributed by atoms with van der Waals surface area (Å²) in [7, 11) is 0. The van der Waals surface area contributed by atoms with Crippen LogP contribution in [-0.2, 0) is 24.5 Å². The third kappa shape index (κ3) is 5.01. The zero-order valence-electron chi connectivity index (χ0n) is 17.0. The first-order chi connectivity index (χ1) is 14.7. The number of carbonyl (C=O) groups excluding carboxylic acids is 2. The van der Waals surface area contributed by atoms with E-state index in [4.69, 9.17) is 18.9 Å². The van der Waals surface area contributed by atoms with Crippen LogP contribution >= 0.6 is 11.8 Å². The van der Waals surface area contributed by atoms with Gasteiger partial charge in [0.15, 0.2) is 11.5 Å². The molecule has 0 aliphatic carbocycles. The molecule has 2 saturated heterocycles. The fraction of sp³-hybridized carbons (Fsp3) is 0.619. The number of thioether (sulfide) groups is 1. The number of nitrogens with one attached hydrogen (secondary N) is 1. The summed E-state index contributed by atoms with van der Waals surface area (Å²) >= 11 is 1.36. The zero-order valence-corrected chi connectivity index (χ0v) is 17.8. The van der Waals surface area contributed by atoms with Crippen LogP contribution in [0, 0.1) is 0 Å². The van der Waals surface area contributed by atoms with E-state index < -0.39 is 0 Å². The lowest BCUT2D eigenvalue weighted by molar-refractivity contribution is -0.132. The molecule has 3 heterocycles. The largest absolute Gasteiger partial charge is 0.454 e. The van der Waals surface area contributed by atoms with Crippen molar-refractivity contribution < 1.29 is 28.5 Å². The van der Waals surface area contributed by atoms with Crippen molar-refractivity contribution in [2.45, 2.75) is 18.3 Å². The molecule has 8 nitrogen and oxygen atoms in total. The molecular weight excluding hydrogens is 408 g/mol. The molecule has 1 aromatic rings. The predicted octanol–water partition coefficient (Wildman–Crippen LogP) is 1.17. The summed E-state index contributed by atoms with van der Waals surface area (Å²) in [5.74, 6) is 2.10. The maximum Gasteiger partial charge on any atom is 0.232 e. The zero-order chi connectivity index (χ0) is 20.8. The highest BCUT2D eigenvalue weighted by atomic mass is 32.2. The molecule has 0 spiro atoms. The molecule has 9 heteroatoms. The number of carbonyl (C=O) groups is 2. The molecule has 0 radical (unpaired) electrons. The summed E-state index contributed by atoms with van der Waals surface area (Å²) in [6, 6.07) is 6.01. The third-order valence-corrected chi connectivity index (χ3v) is 6.80. The molecular formula is C21H28N2O6S. The Hall–Kier alpha value is -1.97. The molecule has 3 aliphatic heterocycles. The minimum absolute atomic E-state index is 0.0543. The van der Waals surface area contributed by atoms with Crippen molar-refractivity contribution in [3.05, 3.63) is 23.8 Å². The number of rotatable bonds is 7. The molecule has 1 N–H and O–H groups in total. The monoisotopic (exact) mass is 436 g/mol. The lowest BCUT2D eigenvalue weighted by Crippen LogP contribution is -2.45. The van der Waals surface area contributed by atoms with E-state index in [1.807, 2.05) is 12.1 Å². The van der Waals surface area contributed by atoms with E-state index in [2.05, 4.69) is 11.4 Å². The van der Waals surface area contributed by atoms with Gasteiger partial charge in [0, 0.05) is 38.3 Å². The summed E-state index contributed by atoms with van der Waals surface area (Å²) in [5, 5.41) is 3.08. The van der Waals surface area contributed by atoms with E-state index in [-0.39, 0.29) is 29.8 Å². The van der Waals surface area contributed by atoms with E-state index in [1.54, 1.807) is 4.90 Å². The van der Waals surface area contributed by atoms with Crippen molar-refractivity contribution in [1.29, 1.82) is 0 Å². The lowest BCUT2D eigenvalue weighted by atomic mass is 9.74. The number of ether oxygens (including phenoxy) is 4. The Labute approximate surface area is 180 Å². The van der Waals surface area contributed by atoms with Gasteiger partial charge in [-0.15, -0.1) is 11.8 Å². The molecule has 3 aliphatic rings. The van der Waals surface area contributed by atoms with Crippen LogP contribution in [-0.4, -0.2) is 81.1 Å². The number of hydrogen-bond acceptors (Lipinski definition) is 7. The number of hydrogen-bond donors (Lipinski definition) is 1. The number of fused-ring (bicyclic) bond motifs is 1. The van der Waals surface area contributed by atoms with Crippen molar-refractivity contribution in [3.8, 4) is 11.5 Å². The summed E-state index contributed by atoms with van der Waals surface area (Å²) in [5.41, 5.74) is 0.939. The molecule has 0 atom stereocenters. The Kier molecular flexibility index (Phi) is 7.01. The molecule has 0 saturated carbocycles. The second kappa shape index (κ2) is 9.89. The Morgan fingerprint density at radius 2 is 1.73 bits per heavy atom. The van der Waals surface area contributed by atoms with Crippen molar-refractivity contribution in [1.82, 2.24) is 10.2 Å². The molecule has 1 aromatic carbocycles. The van der Waals surface area contributed by atoms with Crippen LogP contribution in [0.2, 0.25) is 0 Å². The van der Waals surface area contributed by atoms with E-state index >= 15 is 0 Å². The van der Waals surface area contributed by atoms with Crippen LogP contribution in [0.1, 0.15) is 18.4 Å². The number of morpholine rings is 1. The van der Waals surface area contributed by atoms with Crippen LogP contribution < -0.4 is 14.8 Å². The molecule has 0 aromatic heterocycles. The average molecular weight is 437 g/mol. The van der Waals surface area contributed by atoms with Crippen molar-refractivity contribution in [2.75, 3.05) is 64.4 Å². The second-order valence-electron chi connectivity index (χ2n) is 7.72. The van der Waals surface area contributed by atoms with Crippen LogP contribution in [0.25, 0.3) is 0 Å². The van der Waals surface area contributed by atoms with Gasteiger partial charge in [0.25, 0.3) is 0 Å². The molecule has 2 fully saturated rings.